The Morgan fingerprint density at radius 1 is 1.62 bits per heavy atom. The number of hydrogen-bond acceptors (Lipinski definition) is 3. The number of carbonyl (C=O) groups is 1. The van der Waals surface area contributed by atoms with E-state index in [-0.39, 0.29) is 17.3 Å². The van der Waals surface area contributed by atoms with Gasteiger partial charge in [0.25, 0.3) is 0 Å². The first-order valence-electron chi connectivity index (χ1n) is 3.64. The Morgan fingerprint density at radius 3 is 2.85 bits per heavy atom. The van der Waals surface area contributed by atoms with Crippen molar-refractivity contribution < 1.29 is 9.90 Å². The van der Waals surface area contributed by atoms with Gasteiger partial charge in [0.05, 0.1) is 17.3 Å². The molecule has 0 fully saturated rings. The van der Waals surface area contributed by atoms with E-state index in [1.807, 2.05) is 6.07 Å². The third-order valence-corrected chi connectivity index (χ3v) is 1.44. The second-order valence-corrected chi connectivity index (χ2v) is 2.52. The van der Waals surface area contributed by atoms with Gasteiger partial charge in [-0.05, 0) is 18.2 Å². The molecule has 2 N–H and O–H groups in total. The Kier molecular flexibility index (Phi) is 2.50. The summed E-state index contributed by atoms with van der Waals surface area (Å²) in [5.74, 6) is -0.334. The van der Waals surface area contributed by atoms with E-state index >= 15 is 0 Å². The van der Waals surface area contributed by atoms with E-state index in [1.54, 1.807) is 0 Å². The number of hydrogen-bond donors (Lipinski definition) is 2. The zero-order valence-electron chi connectivity index (χ0n) is 7.03. The van der Waals surface area contributed by atoms with E-state index in [0.29, 0.717) is 5.56 Å². The minimum absolute atomic E-state index is 0.0470. The van der Waals surface area contributed by atoms with Crippen LogP contribution in [-0.4, -0.2) is 11.0 Å². The monoisotopic (exact) mass is 176 g/mol. The SMILES string of the molecule is CC(=O)Nc1cc(C#N)ccc1O. The quantitative estimate of drug-likeness (QED) is 0.632. The first-order valence-corrected chi connectivity index (χ1v) is 3.64. The number of amides is 1. The van der Waals surface area contributed by atoms with Crippen molar-refractivity contribution in [2.24, 2.45) is 0 Å². The zero-order chi connectivity index (χ0) is 9.84. The number of phenolic OH excluding ortho intramolecular Hbond substituents is 1. The fourth-order valence-electron chi connectivity index (χ4n) is 0.895. The van der Waals surface area contributed by atoms with Gasteiger partial charge in [-0.3, -0.25) is 4.79 Å². The maximum Gasteiger partial charge on any atom is 0.221 e. The number of rotatable bonds is 1. The molecule has 1 aromatic rings. The minimum Gasteiger partial charge on any atom is -0.506 e. The highest BCUT2D eigenvalue weighted by Gasteiger charge is 2.03. The molecular formula is C9H8N2O2. The lowest BCUT2D eigenvalue weighted by Gasteiger charge is -2.04. The summed E-state index contributed by atoms with van der Waals surface area (Å²) in [5, 5.41) is 20.2. The minimum atomic E-state index is -0.287. The normalized spacial score (nSPS) is 8.92. The van der Waals surface area contributed by atoms with Crippen molar-refractivity contribution in [3.8, 4) is 11.8 Å². The largest absolute Gasteiger partial charge is 0.506 e. The zero-order valence-corrected chi connectivity index (χ0v) is 7.03. The molecule has 0 atom stereocenters. The molecule has 0 aliphatic carbocycles. The Hall–Kier alpha value is -2.02. The fraction of sp³-hybridized carbons (Fsp3) is 0.111. The molecule has 0 spiro atoms. The summed E-state index contributed by atoms with van der Waals surface area (Å²) in [4.78, 5) is 10.7. The molecule has 66 valence electrons. The fourth-order valence-corrected chi connectivity index (χ4v) is 0.895. The smallest absolute Gasteiger partial charge is 0.221 e. The van der Waals surface area contributed by atoms with Crippen LogP contribution in [0.5, 0.6) is 5.75 Å². The molecule has 0 aliphatic heterocycles. The van der Waals surface area contributed by atoms with Gasteiger partial charge in [0.15, 0.2) is 0 Å². The van der Waals surface area contributed by atoms with Crippen molar-refractivity contribution in [3.63, 3.8) is 0 Å². The molecule has 0 bridgehead atoms. The van der Waals surface area contributed by atoms with Gasteiger partial charge >= 0.3 is 0 Å². The van der Waals surface area contributed by atoms with Crippen LogP contribution in [0.25, 0.3) is 0 Å². The maximum absolute atomic E-state index is 10.7. The van der Waals surface area contributed by atoms with E-state index in [1.165, 1.54) is 25.1 Å². The molecule has 0 aromatic heterocycles. The molecule has 1 aromatic carbocycles. The summed E-state index contributed by atoms with van der Waals surface area (Å²) < 4.78 is 0. The molecule has 0 saturated heterocycles. The highest BCUT2D eigenvalue weighted by molar-refractivity contribution is 5.90. The molecule has 0 saturated carbocycles. The van der Waals surface area contributed by atoms with Gasteiger partial charge in [-0.15, -0.1) is 0 Å². The van der Waals surface area contributed by atoms with E-state index in [0.717, 1.165) is 0 Å². The molecule has 0 aliphatic rings. The lowest BCUT2D eigenvalue weighted by atomic mass is 10.2. The first-order chi connectivity index (χ1) is 6.13. The van der Waals surface area contributed by atoms with Crippen LogP contribution in [0.2, 0.25) is 0 Å². The Bertz CT molecular complexity index is 380. The second-order valence-electron chi connectivity index (χ2n) is 2.52. The average molecular weight is 176 g/mol. The molecule has 0 heterocycles. The number of nitrogens with one attached hydrogen (secondary N) is 1. The number of phenols is 1. The van der Waals surface area contributed by atoms with Crippen molar-refractivity contribution in [1.29, 1.82) is 5.26 Å². The van der Waals surface area contributed by atoms with Crippen LogP contribution in [0.1, 0.15) is 12.5 Å². The molecule has 4 nitrogen and oxygen atoms in total. The summed E-state index contributed by atoms with van der Waals surface area (Å²) in [5.41, 5.74) is 0.646. The third kappa shape index (κ3) is 2.20. The van der Waals surface area contributed by atoms with Crippen LogP contribution in [0.15, 0.2) is 18.2 Å². The highest BCUT2D eigenvalue weighted by atomic mass is 16.3. The van der Waals surface area contributed by atoms with Gasteiger partial charge in [0, 0.05) is 6.92 Å². The molecule has 0 radical (unpaired) electrons. The Morgan fingerprint density at radius 2 is 2.31 bits per heavy atom. The van der Waals surface area contributed by atoms with Crippen LogP contribution in [0.4, 0.5) is 5.69 Å². The van der Waals surface area contributed by atoms with E-state index < -0.39 is 0 Å². The maximum atomic E-state index is 10.7. The molecule has 13 heavy (non-hydrogen) atoms. The van der Waals surface area contributed by atoms with Crippen molar-refractivity contribution in [1.82, 2.24) is 0 Å². The summed E-state index contributed by atoms with van der Waals surface area (Å²) in [6, 6.07) is 6.16. The number of benzene rings is 1. The number of nitriles is 1. The number of nitrogens with zero attached hydrogens (tertiary/aromatic N) is 1. The van der Waals surface area contributed by atoms with Gasteiger partial charge in [0.2, 0.25) is 5.91 Å². The van der Waals surface area contributed by atoms with Crippen LogP contribution >= 0.6 is 0 Å². The number of aromatic hydroxyl groups is 1. The topological polar surface area (TPSA) is 73.1 Å². The summed E-state index contributed by atoms with van der Waals surface area (Å²) in [6.45, 7) is 1.33. The lowest BCUT2D eigenvalue weighted by molar-refractivity contribution is -0.114. The summed E-state index contributed by atoms with van der Waals surface area (Å²) in [7, 11) is 0. The molecule has 4 heteroatoms. The molecular weight excluding hydrogens is 168 g/mol. The van der Waals surface area contributed by atoms with Crippen LogP contribution in [0.3, 0.4) is 0 Å². The van der Waals surface area contributed by atoms with Crippen LogP contribution < -0.4 is 5.32 Å². The van der Waals surface area contributed by atoms with Gasteiger partial charge < -0.3 is 10.4 Å². The van der Waals surface area contributed by atoms with Gasteiger partial charge in [-0.25, -0.2) is 0 Å². The Balaban J connectivity index is 3.05. The second kappa shape index (κ2) is 3.59. The van der Waals surface area contributed by atoms with Gasteiger partial charge in [0.1, 0.15) is 5.75 Å². The first kappa shape index (κ1) is 9.07. The standard InChI is InChI=1S/C9H8N2O2/c1-6(12)11-8-4-7(5-10)2-3-9(8)13/h2-4,13H,1H3,(H,11,12). The molecule has 0 unspecified atom stereocenters. The molecule has 1 rings (SSSR count). The van der Waals surface area contributed by atoms with Gasteiger partial charge in [-0.2, -0.15) is 5.26 Å². The highest BCUT2D eigenvalue weighted by Crippen LogP contribution is 2.23. The number of anilines is 1. The van der Waals surface area contributed by atoms with E-state index in [4.69, 9.17) is 5.26 Å². The van der Waals surface area contributed by atoms with Crippen molar-refractivity contribution in [2.45, 2.75) is 6.92 Å². The average Bonchev–Trinajstić information content (AvgIpc) is 2.08. The van der Waals surface area contributed by atoms with Crippen LogP contribution in [-0.2, 0) is 4.79 Å². The predicted octanol–water partition coefficient (Wildman–Crippen LogP) is 1.22. The van der Waals surface area contributed by atoms with Crippen LogP contribution in [0, 0.1) is 11.3 Å². The third-order valence-electron chi connectivity index (χ3n) is 1.44. The van der Waals surface area contributed by atoms with Gasteiger partial charge in [-0.1, -0.05) is 0 Å². The Labute approximate surface area is 75.4 Å². The van der Waals surface area contributed by atoms with E-state index in [2.05, 4.69) is 5.32 Å². The predicted molar refractivity (Wildman–Crippen MR) is 47.1 cm³/mol. The summed E-state index contributed by atoms with van der Waals surface area (Å²) in [6.07, 6.45) is 0. The van der Waals surface area contributed by atoms with Crippen molar-refractivity contribution in [2.75, 3.05) is 5.32 Å². The van der Waals surface area contributed by atoms with E-state index in [9.17, 15) is 9.90 Å². The number of carbonyl (C=O) groups excluding carboxylic acids is 1. The van der Waals surface area contributed by atoms with Crippen molar-refractivity contribution >= 4 is 11.6 Å². The summed E-state index contributed by atoms with van der Waals surface area (Å²) >= 11 is 0. The lowest BCUT2D eigenvalue weighted by Crippen LogP contribution is -2.05. The van der Waals surface area contributed by atoms with Crippen molar-refractivity contribution in [3.05, 3.63) is 23.8 Å². The molecule has 1 amide bonds.